The van der Waals surface area contributed by atoms with Crippen molar-refractivity contribution >= 4 is 17.6 Å². The van der Waals surface area contributed by atoms with Crippen LogP contribution in [0.4, 0.5) is 0 Å². The van der Waals surface area contributed by atoms with Gasteiger partial charge in [0.1, 0.15) is 11.3 Å². The summed E-state index contributed by atoms with van der Waals surface area (Å²) in [6.07, 6.45) is 0. The maximum atomic E-state index is 10.8. The Labute approximate surface area is 113 Å². The molecule has 100 valence electrons. The molecule has 1 aromatic heterocycles. The molecule has 0 amide bonds. The molecule has 1 heterocycles. The molecular weight excluding hydrogens is 274 g/mol. The molecule has 19 heavy (non-hydrogen) atoms. The first-order valence-corrected chi connectivity index (χ1v) is 5.57. The molecule has 0 spiro atoms. The second-order valence-corrected chi connectivity index (χ2v) is 3.95. The lowest BCUT2D eigenvalue weighted by Crippen LogP contribution is -1.95. The summed E-state index contributed by atoms with van der Waals surface area (Å²) in [5.74, 6) is -0.216. The van der Waals surface area contributed by atoms with Gasteiger partial charge >= 0.3 is 5.97 Å². The van der Waals surface area contributed by atoms with E-state index < -0.39 is 5.97 Å². The van der Waals surface area contributed by atoms with Crippen LogP contribution in [0.5, 0.6) is 11.5 Å². The molecule has 7 heteroatoms. The molecule has 2 aromatic rings. The van der Waals surface area contributed by atoms with E-state index in [1.54, 1.807) is 12.1 Å². The first kappa shape index (κ1) is 13.2. The highest BCUT2D eigenvalue weighted by molar-refractivity contribution is 6.32. The highest BCUT2D eigenvalue weighted by Crippen LogP contribution is 2.42. The minimum Gasteiger partial charge on any atom is -0.496 e. The van der Waals surface area contributed by atoms with Crippen molar-refractivity contribution in [3.05, 3.63) is 28.9 Å². The van der Waals surface area contributed by atoms with Gasteiger partial charge in [-0.3, -0.25) is 0 Å². The second kappa shape index (κ2) is 5.19. The van der Waals surface area contributed by atoms with Crippen molar-refractivity contribution in [2.75, 3.05) is 14.2 Å². The standard InChI is InChI=1S/C12H10ClNO5/c1-17-8-4-3-6(13)11(18-2)10(8)9-5-7(12(15)16)14-19-9/h3-5H,1-2H3,(H,15,16). The summed E-state index contributed by atoms with van der Waals surface area (Å²) in [5, 5.41) is 12.6. The Morgan fingerprint density at radius 1 is 1.37 bits per heavy atom. The van der Waals surface area contributed by atoms with E-state index >= 15 is 0 Å². The number of rotatable bonds is 4. The van der Waals surface area contributed by atoms with E-state index in [0.29, 0.717) is 22.1 Å². The largest absolute Gasteiger partial charge is 0.496 e. The van der Waals surface area contributed by atoms with Gasteiger partial charge < -0.3 is 19.1 Å². The first-order valence-electron chi connectivity index (χ1n) is 5.19. The number of carbonyl (C=O) groups is 1. The molecule has 0 saturated carbocycles. The van der Waals surface area contributed by atoms with Crippen molar-refractivity contribution in [3.63, 3.8) is 0 Å². The van der Waals surface area contributed by atoms with Gasteiger partial charge in [0.05, 0.1) is 19.2 Å². The van der Waals surface area contributed by atoms with Crippen LogP contribution in [0, 0.1) is 0 Å². The van der Waals surface area contributed by atoms with Crippen LogP contribution in [-0.2, 0) is 0 Å². The van der Waals surface area contributed by atoms with Gasteiger partial charge in [-0.25, -0.2) is 4.79 Å². The molecule has 0 unspecified atom stereocenters. The van der Waals surface area contributed by atoms with Gasteiger partial charge in [0.25, 0.3) is 0 Å². The molecule has 0 bridgehead atoms. The monoisotopic (exact) mass is 283 g/mol. The lowest BCUT2D eigenvalue weighted by molar-refractivity contribution is 0.0686. The van der Waals surface area contributed by atoms with E-state index in [9.17, 15) is 4.79 Å². The Hall–Kier alpha value is -2.21. The first-order chi connectivity index (χ1) is 9.08. The minimum atomic E-state index is -1.19. The molecule has 2 rings (SSSR count). The molecule has 0 radical (unpaired) electrons. The molecule has 0 fully saturated rings. The van der Waals surface area contributed by atoms with Gasteiger partial charge in [0.2, 0.25) is 0 Å². The van der Waals surface area contributed by atoms with Crippen LogP contribution >= 0.6 is 11.6 Å². The van der Waals surface area contributed by atoms with Gasteiger partial charge in [-0.1, -0.05) is 16.8 Å². The molecular formula is C12H10ClNO5. The number of aromatic nitrogens is 1. The quantitative estimate of drug-likeness (QED) is 0.929. The number of carboxylic acids is 1. The molecule has 1 N–H and O–H groups in total. The summed E-state index contributed by atoms with van der Waals surface area (Å²) < 4.78 is 15.4. The SMILES string of the molecule is COc1ccc(Cl)c(OC)c1-c1cc(C(=O)O)no1. The fraction of sp³-hybridized carbons (Fsp3) is 0.167. The summed E-state index contributed by atoms with van der Waals surface area (Å²) in [6, 6.07) is 4.51. The smallest absolute Gasteiger partial charge is 0.358 e. The minimum absolute atomic E-state index is 0.202. The van der Waals surface area contributed by atoms with E-state index in [0.717, 1.165) is 0 Å². The van der Waals surface area contributed by atoms with E-state index in [4.69, 9.17) is 30.7 Å². The zero-order valence-electron chi connectivity index (χ0n) is 10.1. The molecule has 0 aliphatic rings. The van der Waals surface area contributed by atoms with Crippen molar-refractivity contribution in [3.8, 4) is 22.8 Å². The van der Waals surface area contributed by atoms with E-state index in [-0.39, 0.29) is 11.5 Å². The average Bonchev–Trinajstić information content (AvgIpc) is 2.87. The molecule has 0 aliphatic heterocycles. The fourth-order valence-electron chi connectivity index (χ4n) is 1.64. The number of aromatic carboxylic acids is 1. The molecule has 0 atom stereocenters. The number of hydrogen-bond donors (Lipinski definition) is 1. The van der Waals surface area contributed by atoms with Crippen LogP contribution in [-0.4, -0.2) is 30.5 Å². The van der Waals surface area contributed by atoms with Crippen LogP contribution in [0.15, 0.2) is 22.7 Å². The lowest BCUT2D eigenvalue weighted by atomic mass is 10.1. The molecule has 6 nitrogen and oxygen atoms in total. The Balaban J connectivity index is 2.64. The van der Waals surface area contributed by atoms with Gasteiger partial charge in [-0.05, 0) is 12.1 Å². The maximum Gasteiger partial charge on any atom is 0.358 e. The van der Waals surface area contributed by atoms with Crippen molar-refractivity contribution in [2.45, 2.75) is 0 Å². The van der Waals surface area contributed by atoms with E-state index in [2.05, 4.69) is 5.16 Å². The average molecular weight is 284 g/mol. The Kier molecular flexibility index (Phi) is 3.62. The number of carboxylic acid groups (broad SMARTS) is 1. The third kappa shape index (κ3) is 2.34. The number of halogens is 1. The number of methoxy groups -OCH3 is 2. The third-order valence-electron chi connectivity index (χ3n) is 2.47. The third-order valence-corrected chi connectivity index (χ3v) is 2.77. The number of benzene rings is 1. The zero-order chi connectivity index (χ0) is 14.0. The van der Waals surface area contributed by atoms with E-state index in [1.807, 2.05) is 0 Å². The summed E-state index contributed by atoms with van der Waals surface area (Å²) in [4.78, 5) is 10.8. The topological polar surface area (TPSA) is 81.8 Å². The number of nitrogens with zero attached hydrogens (tertiary/aromatic N) is 1. The summed E-state index contributed by atoms with van der Waals surface area (Å²) in [5.41, 5.74) is 0.205. The van der Waals surface area contributed by atoms with Crippen LogP contribution in [0.1, 0.15) is 10.5 Å². The molecule has 0 aliphatic carbocycles. The van der Waals surface area contributed by atoms with Gasteiger partial charge in [-0.15, -0.1) is 0 Å². The van der Waals surface area contributed by atoms with E-state index in [1.165, 1.54) is 20.3 Å². The summed E-state index contributed by atoms with van der Waals surface area (Å²) in [7, 11) is 2.92. The zero-order valence-corrected chi connectivity index (χ0v) is 10.9. The summed E-state index contributed by atoms with van der Waals surface area (Å²) in [6.45, 7) is 0. The van der Waals surface area contributed by atoms with Crippen molar-refractivity contribution in [1.82, 2.24) is 5.16 Å². The Morgan fingerprint density at radius 2 is 2.11 bits per heavy atom. The predicted octanol–water partition coefficient (Wildman–Crippen LogP) is 2.71. The fourth-order valence-corrected chi connectivity index (χ4v) is 1.87. The highest BCUT2D eigenvalue weighted by atomic mass is 35.5. The number of hydrogen-bond acceptors (Lipinski definition) is 5. The Bertz CT molecular complexity index is 623. The van der Waals surface area contributed by atoms with Crippen LogP contribution < -0.4 is 9.47 Å². The van der Waals surface area contributed by atoms with Crippen LogP contribution in [0.25, 0.3) is 11.3 Å². The van der Waals surface area contributed by atoms with Crippen LogP contribution in [0.3, 0.4) is 0 Å². The van der Waals surface area contributed by atoms with Crippen molar-refractivity contribution in [2.24, 2.45) is 0 Å². The normalized spacial score (nSPS) is 10.3. The van der Waals surface area contributed by atoms with Gasteiger partial charge in [0.15, 0.2) is 17.2 Å². The predicted molar refractivity (Wildman–Crippen MR) is 67.0 cm³/mol. The maximum absolute atomic E-state index is 10.8. The number of ether oxygens (including phenoxy) is 2. The van der Waals surface area contributed by atoms with Gasteiger partial charge in [0, 0.05) is 6.07 Å². The second-order valence-electron chi connectivity index (χ2n) is 3.54. The molecule has 0 saturated heterocycles. The lowest BCUT2D eigenvalue weighted by Gasteiger charge is -2.11. The highest BCUT2D eigenvalue weighted by Gasteiger charge is 2.21. The summed E-state index contributed by atoms with van der Waals surface area (Å²) >= 11 is 6.02. The van der Waals surface area contributed by atoms with Crippen molar-refractivity contribution < 1.29 is 23.9 Å². The van der Waals surface area contributed by atoms with Crippen molar-refractivity contribution in [1.29, 1.82) is 0 Å². The Morgan fingerprint density at radius 3 is 2.63 bits per heavy atom. The van der Waals surface area contributed by atoms with Gasteiger partial charge in [-0.2, -0.15) is 0 Å². The van der Waals surface area contributed by atoms with Crippen LogP contribution in [0.2, 0.25) is 5.02 Å². The molecule has 1 aromatic carbocycles.